The summed E-state index contributed by atoms with van der Waals surface area (Å²) in [4.78, 5) is 187. The predicted molar refractivity (Wildman–Crippen MR) is 367 cm³/mol. The molecule has 4 saturated carbocycles. The smallest absolute Gasteiger partial charge is 0.343 e. The minimum atomic E-state index is -4.51. The number of alkyl halides is 4. The van der Waals surface area contributed by atoms with Crippen molar-refractivity contribution in [1.29, 1.82) is 0 Å². The minimum absolute atomic E-state index is 0.00894. The number of nitrogens with zero attached hydrogens (tertiary/aromatic N) is 8. The number of carbonyl (C=O) groups is 12. The maximum Gasteiger partial charge on any atom is 0.393 e. The average Bonchev–Trinajstić information content (AvgIpc) is 1.77. The molecule has 4 N–H and O–H groups in total. The molecule has 2 aliphatic heterocycles. The van der Waals surface area contributed by atoms with Crippen LogP contribution < -0.4 is 21.3 Å². The molecule has 24 nitrogen and oxygen atoms in total. The van der Waals surface area contributed by atoms with Crippen LogP contribution in [0.25, 0.3) is 0 Å². The van der Waals surface area contributed by atoms with Gasteiger partial charge in [-0.15, -0.1) is 11.6 Å². The molecule has 3 unspecified atom stereocenters. The van der Waals surface area contributed by atoms with Crippen molar-refractivity contribution in [3.05, 3.63) is 0 Å². The van der Waals surface area contributed by atoms with Crippen molar-refractivity contribution in [2.45, 2.75) is 261 Å². The third-order valence-corrected chi connectivity index (χ3v) is 23.1. The van der Waals surface area contributed by atoms with E-state index in [1.54, 1.807) is 25.7 Å². The summed E-state index contributed by atoms with van der Waals surface area (Å²) in [6.45, 7) is 7.60. The van der Waals surface area contributed by atoms with Gasteiger partial charge in [0.15, 0.2) is 0 Å². The van der Waals surface area contributed by atoms with Gasteiger partial charge in [-0.05, 0) is 114 Å². The Hall–Kier alpha value is -6.28. The van der Waals surface area contributed by atoms with Crippen molar-refractivity contribution < 1.29 is 70.7 Å². The average molecular weight is 1420 g/mol. The second-order valence-electron chi connectivity index (χ2n) is 30.2. The van der Waals surface area contributed by atoms with Crippen LogP contribution >= 0.6 is 11.6 Å². The van der Waals surface area contributed by atoms with E-state index >= 15 is 19.2 Å². The molecule has 11 atom stereocenters. The lowest BCUT2D eigenvalue weighted by Crippen LogP contribution is -2.65. The lowest BCUT2D eigenvalue weighted by molar-refractivity contribution is -0.182. The van der Waals surface area contributed by atoms with E-state index < -0.39 is 174 Å². The fourth-order valence-corrected chi connectivity index (χ4v) is 16.2. The van der Waals surface area contributed by atoms with E-state index in [0.717, 1.165) is 90.2 Å². The van der Waals surface area contributed by atoms with Crippen LogP contribution in [0.2, 0.25) is 0 Å². The fraction of sp³-hybridized carbons (Fsp3) is 0.831. The molecular formula is C71H116ClF3N12O12. The third kappa shape index (κ3) is 21.9. The minimum Gasteiger partial charge on any atom is -0.343 e. The van der Waals surface area contributed by atoms with Gasteiger partial charge in [-0.1, -0.05) is 111 Å². The Balaban J connectivity index is 1.41. The molecule has 2 heterocycles. The molecule has 28 heteroatoms. The maximum absolute atomic E-state index is 15.5. The van der Waals surface area contributed by atoms with Gasteiger partial charge >= 0.3 is 6.18 Å². The monoisotopic (exact) mass is 1420 g/mol. The van der Waals surface area contributed by atoms with Crippen molar-refractivity contribution in [1.82, 2.24) is 60.5 Å². The van der Waals surface area contributed by atoms with Gasteiger partial charge in [-0.2, -0.15) is 13.2 Å². The van der Waals surface area contributed by atoms with Crippen molar-refractivity contribution >= 4 is 82.5 Å². The quantitative estimate of drug-likeness (QED) is 0.174. The van der Waals surface area contributed by atoms with E-state index in [-0.39, 0.29) is 75.5 Å². The fourth-order valence-electron chi connectivity index (χ4n) is 15.7. The first-order valence-electron chi connectivity index (χ1n) is 36.6. The highest BCUT2D eigenvalue weighted by Gasteiger charge is 2.51. The highest BCUT2D eigenvalue weighted by molar-refractivity contribution is 6.20. The summed E-state index contributed by atoms with van der Waals surface area (Å²) in [5.41, 5.74) is -1.59. The highest BCUT2D eigenvalue weighted by atomic mass is 35.5. The van der Waals surface area contributed by atoms with Gasteiger partial charge < -0.3 is 60.5 Å². The summed E-state index contributed by atoms with van der Waals surface area (Å²) in [6, 6.07) is -8.86. The van der Waals surface area contributed by atoms with Gasteiger partial charge in [0.05, 0.1) is 32.0 Å². The number of likely N-dealkylation sites (tertiary alicyclic amines) is 1. The Morgan fingerprint density at radius 2 is 1.13 bits per heavy atom. The number of nitrogens with one attached hydrogen (secondary N) is 4. The van der Waals surface area contributed by atoms with Crippen molar-refractivity contribution in [2.24, 2.45) is 35.5 Å². The van der Waals surface area contributed by atoms with Gasteiger partial charge in [0.25, 0.3) is 0 Å². The van der Waals surface area contributed by atoms with Gasteiger partial charge in [0, 0.05) is 67.8 Å². The normalized spacial score (nSPS) is 29.6. The van der Waals surface area contributed by atoms with E-state index in [4.69, 9.17) is 11.6 Å². The molecule has 4 aliphatic carbocycles. The van der Waals surface area contributed by atoms with Crippen molar-refractivity contribution in [2.75, 3.05) is 82.1 Å². The van der Waals surface area contributed by atoms with E-state index in [0.29, 0.717) is 45.2 Å². The summed E-state index contributed by atoms with van der Waals surface area (Å²) in [5, 5.41) is 10.4. The Labute approximate surface area is 589 Å². The first-order chi connectivity index (χ1) is 46.6. The Kier molecular flexibility index (Phi) is 30.6. The number of hydrogen-bond donors (Lipinski definition) is 4. The zero-order valence-electron chi connectivity index (χ0n) is 61.0. The lowest BCUT2D eigenvalue weighted by Gasteiger charge is -2.41. The predicted octanol–water partition coefficient (Wildman–Crippen LogP) is 6.00. The summed E-state index contributed by atoms with van der Waals surface area (Å²) in [7, 11) is 9.84. The number of rotatable bonds is 11. The number of halogens is 4. The van der Waals surface area contributed by atoms with Crippen LogP contribution in [0.1, 0.15) is 202 Å². The number of likely N-dealkylation sites (N-methyl/N-ethyl adjacent to an activating group) is 7. The highest BCUT2D eigenvalue weighted by Crippen LogP contribution is 2.44. The van der Waals surface area contributed by atoms with Crippen LogP contribution in [0.15, 0.2) is 0 Å². The Bertz CT molecular complexity index is 2830. The molecule has 2 saturated heterocycles. The van der Waals surface area contributed by atoms with Gasteiger partial charge in [-0.25, -0.2) is 0 Å². The summed E-state index contributed by atoms with van der Waals surface area (Å²) in [5.74, 6) is -11.1. The zero-order valence-corrected chi connectivity index (χ0v) is 61.7. The van der Waals surface area contributed by atoms with Crippen LogP contribution in [-0.2, 0) is 57.5 Å². The van der Waals surface area contributed by atoms with Gasteiger partial charge in [0.2, 0.25) is 70.9 Å². The van der Waals surface area contributed by atoms with Crippen LogP contribution in [0, 0.1) is 35.5 Å². The van der Waals surface area contributed by atoms with Crippen molar-refractivity contribution in [3.63, 3.8) is 0 Å². The van der Waals surface area contributed by atoms with E-state index in [9.17, 15) is 51.5 Å². The second kappa shape index (κ2) is 37.1. The number of amides is 12. The van der Waals surface area contributed by atoms with Crippen LogP contribution in [-0.4, -0.2) is 252 Å². The topological polar surface area (TPSA) is 279 Å². The Morgan fingerprint density at radius 3 is 1.70 bits per heavy atom. The molecule has 0 aromatic carbocycles. The van der Waals surface area contributed by atoms with Crippen LogP contribution in [0.4, 0.5) is 13.2 Å². The molecule has 0 bridgehead atoms. The first kappa shape index (κ1) is 81.7. The first-order valence-corrected chi connectivity index (χ1v) is 37.0. The number of piperidine rings is 1. The molecule has 0 radical (unpaired) electrons. The Morgan fingerprint density at radius 1 is 0.566 bits per heavy atom. The lowest BCUT2D eigenvalue weighted by atomic mass is 9.78. The molecule has 560 valence electrons. The van der Waals surface area contributed by atoms with E-state index in [1.807, 2.05) is 6.92 Å². The maximum atomic E-state index is 15.5. The molecule has 0 aromatic rings. The standard InChI is InChI=1S/C71H116ClF3N12O12/c1-13-45(4)60-67(97)82(8)42-58(90)80(6)43-59(91)84(10)54(39-48-27-19-15-20-28-48)65(95)81(7)41-56(88)76-52(32-30-49-29-31-50(51(72)37-49)71(73,74)75)63(93)77-53(38-47-25-17-14-18-26-47)64(94)79-70(33-21-22-34-70)69(99)86(12)61(44(2)3)68(98)85(11)55(66(96)87-35-23-16-24-36-87)40-57(89)83(9)46(5)62(92)78-60/h44-55,60-61H,13-43H2,1-12H3,(H,76,88)(H,77,93)(H,78,92)(H,79,94)/t45-,46-,49?,50?,51?,52-,53-,54-,55-,60-,61-/m0/s1. The van der Waals surface area contributed by atoms with Crippen LogP contribution in [0.5, 0.6) is 0 Å². The molecular weight excluding hydrogens is 1310 g/mol. The molecule has 6 aliphatic rings. The third-order valence-electron chi connectivity index (χ3n) is 22.6. The van der Waals surface area contributed by atoms with E-state index in [2.05, 4.69) is 21.3 Å². The van der Waals surface area contributed by atoms with Crippen molar-refractivity contribution in [3.8, 4) is 0 Å². The second-order valence-corrected chi connectivity index (χ2v) is 30.8. The van der Waals surface area contributed by atoms with Gasteiger partial charge in [0.1, 0.15) is 47.8 Å². The van der Waals surface area contributed by atoms with Crippen LogP contribution in [0.3, 0.4) is 0 Å². The SMILES string of the molecule is CC[C@H](C)[C@@H]1NC(=O)[C@H](C)N(C)C(=O)C[C@@H](C(=O)N2CCCCC2)N(C)C(=O)[C@H](C(C)C)N(C)C(=O)C2(CCCC2)NC(=O)[C@H](CC2CCCCC2)NC(=O)[C@H](CCC2CCC(C(F)(F)F)C(Cl)C2)NC(=O)CN(C)C(=O)[C@H](CC2CCCCC2)N(C)C(=O)CN(C)C(=O)CN(C)C1=O. The summed E-state index contributed by atoms with van der Waals surface area (Å²) >= 11 is 6.41. The van der Waals surface area contributed by atoms with E-state index in [1.165, 1.54) is 71.0 Å². The number of hydrogen-bond acceptors (Lipinski definition) is 12. The molecule has 99 heavy (non-hydrogen) atoms. The van der Waals surface area contributed by atoms with Gasteiger partial charge in [-0.3, -0.25) is 57.5 Å². The largest absolute Gasteiger partial charge is 0.393 e. The molecule has 1 spiro atoms. The molecule has 6 rings (SSSR count). The molecule has 12 amide bonds. The summed E-state index contributed by atoms with van der Waals surface area (Å²) in [6.07, 6.45) is 7.85. The summed E-state index contributed by atoms with van der Waals surface area (Å²) < 4.78 is 42.1. The zero-order chi connectivity index (χ0) is 73.4. The number of carbonyl (C=O) groups excluding carboxylic acids is 12. The molecule has 0 aromatic heterocycles. The molecule has 6 fully saturated rings.